The second kappa shape index (κ2) is 10.6. The van der Waals surface area contributed by atoms with Crippen LogP contribution in [0.2, 0.25) is 0 Å². The molecule has 1 aromatic heterocycles. The van der Waals surface area contributed by atoms with E-state index in [1.54, 1.807) is 0 Å². The SMILES string of the molecule is Cc1cc(OC[C@@H](C)c2oc(-c3ccc(C(F)(F)F)cc3)nc2C(C)C)ccc1CCN(O)O. The van der Waals surface area contributed by atoms with E-state index in [0.717, 1.165) is 29.0 Å². The van der Waals surface area contributed by atoms with Gasteiger partial charge in [-0.15, -0.1) is 0 Å². The third kappa shape index (κ3) is 6.37. The Morgan fingerprint density at radius 3 is 2.29 bits per heavy atom. The lowest BCUT2D eigenvalue weighted by molar-refractivity contribution is -0.305. The maximum atomic E-state index is 12.9. The zero-order chi connectivity index (χ0) is 25.0. The number of aromatic nitrogens is 1. The molecule has 0 unspecified atom stereocenters. The number of rotatable bonds is 9. The third-order valence-corrected chi connectivity index (χ3v) is 5.53. The molecule has 2 N–H and O–H groups in total. The van der Waals surface area contributed by atoms with Crippen molar-refractivity contribution in [3.8, 4) is 17.2 Å². The Bertz CT molecular complexity index is 1090. The Labute approximate surface area is 196 Å². The average Bonchev–Trinajstić information content (AvgIpc) is 3.22. The molecule has 0 radical (unpaired) electrons. The molecule has 0 aliphatic rings. The lowest BCUT2D eigenvalue weighted by Gasteiger charge is -2.15. The van der Waals surface area contributed by atoms with Crippen LogP contribution < -0.4 is 4.74 Å². The molecule has 0 aliphatic heterocycles. The molecule has 0 spiro atoms. The summed E-state index contributed by atoms with van der Waals surface area (Å²) in [5, 5.41) is 18.0. The minimum absolute atomic E-state index is 0.0588. The van der Waals surface area contributed by atoms with Crippen LogP contribution in [0.15, 0.2) is 46.9 Å². The van der Waals surface area contributed by atoms with Crippen LogP contribution in [0.4, 0.5) is 13.2 Å². The number of hydrogen-bond donors (Lipinski definition) is 2. The standard InChI is InChI=1S/C25H29F3N2O4/c1-15(2)22-23(34-24(29-22)19-5-8-20(9-6-19)25(26,27)28)17(4)14-33-21-10-7-18(16(3)13-21)11-12-30(31)32/h5-10,13,15,17,31-32H,11-12,14H2,1-4H3/t17-/m1/s1. The smallest absolute Gasteiger partial charge is 0.416 e. The fourth-order valence-electron chi connectivity index (χ4n) is 3.59. The summed E-state index contributed by atoms with van der Waals surface area (Å²) in [5.74, 6) is 1.51. The van der Waals surface area contributed by atoms with E-state index in [1.807, 2.05) is 45.9 Å². The van der Waals surface area contributed by atoms with Gasteiger partial charge in [-0.3, -0.25) is 10.4 Å². The molecule has 184 valence electrons. The molecule has 0 saturated carbocycles. The Morgan fingerprint density at radius 2 is 1.74 bits per heavy atom. The molecule has 9 heteroatoms. The van der Waals surface area contributed by atoms with Crippen molar-refractivity contribution in [1.29, 1.82) is 0 Å². The van der Waals surface area contributed by atoms with E-state index in [-0.39, 0.29) is 29.5 Å². The van der Waals surface area contributed by atoms with Gasteiger partial charge in [0.2, 0.25) is 5.89 Å². The summed E-state index contributed by atoms with van der Waals surface area (Å²) in [6.07, 6.45) is -3.91. The number of aryl methyl sites for hydroxylation is 1. The summed E-state index contributed by atoms with van der Waals surface area (Å²) in [6.45, 7) is 8.25. The first-order chi connectivity index (χ1) is 16.0. The molecule has 6 nitrogen and oxygen atoms in total. The number of hydroxylamine groups is 2. The summed E-state index contributed by atoms with van der Waals surface area (Å²) in [4.78, 5) is 4.56. The first-order valence-corrected chi connectivity index (χ1v) is 11.0. The highest BCUT2D eigenvalue weighted by Gasteiger charge is 2.30. The fourth-order valence-corrected chi connectivity index (χ4v) is 3.59. The predicted octanol–water partition coefficient (Wildman–Crippen LogP) is 6.60. The normalized spacial score (nSPS) is 13.0. The van der Waals surface area contributed by atoms with Gasteiger partial charge in [-0.05, 0) is 66.8 Å². The molecule has 0 bridgehead atoms. The van der Waals surface area contributed by atoms with Gasteiger partial charge >= 0.3 is 6.18 Å². The first-order valence-electron chi connectivity index (χ1n) is 11.0. The van der Waals surface area contributed by atoms with E-state index in [4.69, 9.17) is 19.6 Å². The largest absolute Gasteiger partial charge is 0.493 e. The Morgan fingerprint density at radius 1 is 1.06 bits per heavy atom. The van der Waals surface area contributed by atoms with E-state index >= 15 is 0 Å². The average molecular weight is 479 g/mol. The Kier molecular flexibility index (Phi) is 8.01. The molecule has 0 aliphatic carbocycles. The third-order valence-electron chi connectivity index (χ3n) is 5.53. The maximum Gasteiger partial charge on any atom is 0.416 e. The second-order valence-electron chi connectivity index (χ2n) is 8.64. The second-order valence-corrected chi connectivity index (χ2v) is 8.64. The predicted molar refractivity (Wildman–Crippen MR) is 120 cm³/mol. The van der Waals surface area contributed by atoms with Crippen LogP contribution in [0.3, 0.4) is 0 Å². The van der Waals surface area contributed by atoms with Gasteiger partial charge in [-0.25, -0.2) is 4.98 Å². The van der Waals surface area contributed by atoms with Crippen LogP contribution in [0.1, 0.15) is 60.8 Å². The van der Waals surface area contributed by atoms with Gasteiger partial charge in [0.25, 0.3) is 0 Å². The number of alkyl halides is 3. The van der Waals surface area contributed by atoms with Crippen molar-refractivity contribution in [2.24, 2.45) is 0 Å². The Balaban J connectivity index is 1.74. The first kappa shape index (κ1) is 25.7. The van der Waals surface area contributed by atoms with Gasteiger partial charge in [0.15, 0.2) is 0 Å². The van der Waals surface area contributed by atoms with Crippen molar-refractivity contribution in [2.45, 2.75) is 52.1 Å². The number of nitrogens with zero attached hydrogens (tertiary/aromatic N) is 2. The highest BCUT2D eigenvalue weighted by Crippen LogP contribution is 2.34. The van der Waals surface area contributed by atoms with Gasteiger partial charge in [0, 0.05) is 5.56 Å². The van der Waals surface area contributed by atoms with Crippen LogP contribution in [-0.4, -0.2) is 33.8 Å². The van der Waals surface area contributed by atoms with E-state index < -0.39 is 11.7 Å². The van der Waals surface area contributed by atoms with Crippen LogP contribution in [-0.2, 0) is 12.6 Å². The van der Waals surface area contributed by atoms with E-state index in [2.05, 4.69) is 4.98 Å². The topological polar surface area (TPSA) is 79.0 Å². The lowest BCUT2D eigenvalue weighted by Crippen LogP contribution is -2.17. The summed E-state index contributed by atoms with van der Waals surface area (Å²) in [6, 6.07) is 10.4. The van der Waals surface area contributed by atoms with Gasteiger partial charge in [-0.2, -0.15) is 13.2 Å². The van der Waals surface area contributed by atoms with Crippen molar-refractivity contribution in [2.75, 3.05) is 13.2 Å². The van der Waals surface area contributed by atoms with Crippen LogP contribution in [0.25, 0.3) is 11.5 Å². The monoisotopic (exact) mass is 478 g/mol. The summed E-state index contributed by atoms with van der Waals surface area (Å²) in [7, 11) is 0. The summed E-state index contributed by atoms with van der Waals surface area (Å²) >= 11 is 0. The highest BCUT2D eigenvalue weighted by molar-refractivity contribution is 5.55. The van der Waals surface area contributed by atoms with Crippen molar-refractivity contribution < 1.29 is 32.7 Å². The molecule has 34 heavy (non-hydrogen) atoms. The Hall–Kier alpha value is -2.88. The van der Waals surface area contributed by atoms with Gasteiger partial charge in [-0.1, -0.05) is 32.1 Å². The van der Waals surface area contributed by atoms with Crippen molar-refractivity contribution in [1.82, 2.24) is 10.2 Å². The van der Waals surface area contributed by atoms with Crippen LogP contribution in [0.5, 0.6) is 5.75 Å². The maximum absolute atomic E-state index is 12.9. The zero-order valence-corrected chi connectivity index (χ0v) is 19.6. The van der Waals surface area contributed by atoms with Crippen molar-refractivity contribution >= 4 is 0 Å². The van der Waals surface area contributed by atoms with Crippen LogP contribution >= 0.6 is 0 Å². The van der Waals surface area contributed by atoms with Gasteiger partial charge in [0.1, 0.15) is 11.5 Å². The molecular weight excluding hydrogens is 449 g/mol. The lowest BCUT2D eigenvalue weighted by atomic mass is 10.0. The van der Waals surface area contributed by atoms with E-state index in [9.17, 15) is 13.2 Å². The number of ether oxygens (including phenoxy) is 1. The number of benzene rings is 2. The molecule has 0 fully saturated rings. The quantitative estimate of drug-likeness (QED) is 0.338. The van der Waals surface area contributed by atoms with Gasteiger partial charge < -0.3 is 9.15 Å². The number of hydrogen-bond acceptors (Lipinski definition) is 6. The molecule has 0 saturated heterocycles. The van der Waals surface area contributed by atoms with Gasteiger partial charge in [0.05, 0.1) is 30.3 Å². The number of halogens is 3. The summed E-state index contributed by atoms with van der Waals surface area (Å²) < 4.78 is 50.6. The fraction of sp³-hybridized carbons (Fsp3) is 0.400. The van der Waals surface area contributed by atoms with Crippen molar-refractivity contribution in [3.63, 3.8) is 0 Å². The molecule has 0 amide bonds. The molecule has 3 aromatic rings. The minimum Gasteiger partial charge on any atom is -0.493 e. The highest BCUT2D eigenvalue weighted by atomic mass is 19.4. The van der Waals surface area contributed by atoms with Crippen LogP contribution in [0, 0.1) is 6.92 Å². The molecule has 2 aromatic carbocycles. The summed E-state index contributed by atoms with van der Waals surface area (Å²) in [5.41, 5.74) is 2.45. The molecule has 3 rings (SSSR count). The zero-order valence-electron chi connectivity index (χ0n) is 19.6. The van der Waals surface area contributed by atoms with E-state index in [0.29, 0.717) is 30.1 Å². The van der Waals surface area contributed by atoms with E-state index in [1.165, 1.54) is 12.1 Å². The molecule has 1 heterocycles. The minimum atomic E-state index is -4.40. The molecule has 1 atom stereocenters. The number of oxazole rings is 1. The van der Waals surface area contributed by atoms with Crippen molar-refractivity contribution in [3.05, 3.63) is 70.6 Å². The molecular formula is C25H29F3N2O4.